The van der Waals surface area contributed by atoms with Crippen molar-refractivity contribution >= 4 is 34.6 Å². The summed E-state index contributed by atoms with van der Waals surface area (Å²) < 4.78 is 17.8. The SMILES string of the molecule is COc1ccc2c(O[C@@H]3C[C@H]4C(=O)N[C@]5(C(N)=O)C[C@H]5C=CCCCCC[C@H](CC(=O)OC(C)(C)C)C(=O)N4C3)cc(-c3ccccc3)nc2c1. The predicted molar refractivity (Wildman–Crippen MR) is 193 cm³/mol. The molecule has 3 amide bonds. The van der Waals surface area contributed by atoms with Gasteiger partial charge in [0.05, 0.1) is 31.3 Å². The molecule has 11 heteroatoms. The minimum absolute atomic E-state index is 0.100. The molecule has 1 aliphatic carbocycles. The second-order valence-corrected chi connectivity index (χ2v) is 14.9. The lowest BCUT2D eigenvalue weighted by molar-refractivity contribution is -0.159. The number of nitrogens with one attached hydrogen (secondary N) is 1. The zero-order chi connectivity index (χ0) is 36.3. The van der Waals surface area contributed by atoms with E-state index in [0.717, 1.165) is 36.6 Å². The number of benzene rings is 2. The first kappa shape index (κ1) is 35.9. The molecule has 51 heavy (non-hydrogen) atoms. The van der Waals surface area contributed by atoms with Crippen LogP contribution >= 0.6 is 0 Å². The number of amides is 3. The molecule has 3 N–H and O–H groups in total. The van der Waals surface area contributed by atoms with E-state index in [-0.39, 0.29) is 31.2 Å². The van der Waals surface area contributed by atoms with E-state index >= 15 is 0 Å². The van der Waals surface area contributed by atoms with E-state index in [1.54, 1.807) is 27.9 Å². The van der Waals surface area contributed by atoms with Crippen molar-refractivity contribution in [2.75, 3.05) is 13.7 Å². The van der Waals surface area contributed by atoms with Gasteiger partial charge in [-0.15, -0.1) is 0 Å². The Labute approximate surface area is 298 Å². The molecule has 3 aliphatic rings. The van der Waals surface area contributed by atoms with Crippen LogP contribution in [0.25, 0.3) is 22.2 Å². The number of allylic oxidation sites excluding steroid dienone is 1. The molecule has 0 spiro atoms. The summed E-state index contributed by atoms with van der Waals surface area (Å²) >= 11 is 0. The average Bonchev–Trinajstić information content (AvgIpc) is 3.63. The summed E-state index contributed by atoms with van der Waals surface area (Å²) in [6.45, 7) is 5.49. The van der Waals surface area contributed by atoms with Crippen LogP contribution in [0.5, 0.6) is 11.5 Å². The van der Waals surface area contributed by atoms with Gasteiger partial charge >= 0.3 is 5.97 Å². The number of carbonyl (C=O) groups is 4. The fourth-order valence-electron chi connectivity index (χ4n) is 7.25. The number of aromatic nitrogens is 1. The van der Waals surface area contributed by atoms with Gasteiger partial charge in [0.15, 0.2) is 0 Å². The third-order valence-corrected chi connectivity index (χ3v) is 9.97. The average molecular weight is 697 g/mol. The smallest absolute Gasteiger partial charge is 0.307 e. The monoisotopic (exact) mass is 696 g/mol. The van der Waals surface area contributed by atoms with Crippen LogP contribution in [0, 0.1) is 11.8 Å². The van der Waals surface area contributed by atoms with Crippen LogP contribution < -0.4 is 20.5 Å². The van der Waals surface area contributed by atoms with Gasteiger partial charge in [0.2, 0.25) is 17.7 Å². The zero-order valence-corrected chi connectivity index (χ0v) is 29.9. The highest BCUT2D eigenvalue weighted by Crippen LogP contribution is 2.45. The van der Waals surface area contributed by atoms with Gasteiger partial charge in [-0.05, 0) is 58.6 Å². The van der Waals surface area contributed by atoms with E-state index in [4.69, 9.17) is 24.9 Å². The Hall–Kier alpha value is -4.93. The van der Waals surface area contributed by atoms with E-state index in [1.165, 1.54) is 4.90 Å². The number of nitrogens with two attached hydrogens (primary N) is 1. The Bertz CT molecular complexity index is 1820. The lowest BCUT2D eigenvalue weighted by Crippen LogP contribution is -2.55. The first-order valence-electron chi connectivity index (χ1n) is 17.9. The lowest BCUT2D eigenvalue weighted by atomic mass is 9.95. The van der Waals surface area contributed by atoms with Gasteiger partial charge in [0.1, 0.15) is 34.8 Å². The Kier molecular flexibility index (Phi) is 10.4. The molecule has 1 saturated heterocycles. The fraction of sp³-hybridized carbons (Fsp3) is 0.475. The van der Waals surface area contributed by atoms with Crippen LogP contribution in [-0.4, -0.2) is 70.5 Å². The summed E-state index contributed by atoms with van der Waals surface area (Å²) in [7, 11) is 1.60. The normalized spacial score (nSPS) is 25.5. The number of carbonyl (C=O) groups excluding carboxylic acids is 4. The van der Waals surface area contributed by atoms with Gasteiger partial charge in [-0.1, -0.05) is 55.3 Å². The first-order chi connectivity index (χ1) is 24.4. The molecule has 1 aromatic heterocycles. The number of hydrogen-bond acceptors (Lipinski definition) is 8. The van der Waals surface area contributed by atoms with Crippen molar-refractivity contribution < 1.29 is 33.4 Å². The van der Waals surface area contributed by atoms with E-state index in [0.29, 0.717) is 35.6 Å². The quantitative estimate of drug-likeness (QED) is 0.243. The largest absolute Gasteiger partial charge is 0.497 e. The Morgan fingerprint density at radius 2 is 1.84 bits per heavy atom. The van der Waals surface area contributed by atoms with Gasteiger partial charge in [-0.25, -0.2) is 4.98 Å². The maximum absolute atomic E-state index is 14.5. The van der Waals surface area contributed by atoms with E-state index in [1.807, 2.05) is 66.7 Å². The topological polar surface area (TPSA) is 150 Å². The van der Waals surface area contributed by atoms with Crippen molar-refractivity contribution in [2.45, 2.75) is 95.4 Å². The van der Waals surface area contributed by atoms with Crippen LogP contribution in [0.3, 0.4) is 0 Å². The molecule has 6 rings (SSSR count). The lowest BCUT2D eigenvalue weighted by Gasteiger charge is -2.29. The molecule has 2 fully saturated rings. The molecule has 2 aromatic carbocycles. The number of rotatable bonds is 7. The molecule has 3 heterocycles. The maximum Gasteiger partial charge on any atom is 0.307 e. The maximum atomic E-state index is 14.5. The van der Waals surface area contributed by atoms with Crippen LogP contribution in [0.1, 0.15) is 72.1 Å². The third kappa shape index (κ3) is 8.18. The zero-order valence-electron chi connectivity index (χ0n) is 29.9. The predicted octanol–water partition coefficient (Wildman–Crippen LogP) is 5.49. The second kappa shape index (κ2) is 14.7. The molecule has 0 radical (unpaired) electrons. The number of ether oxygens (including phenoxy) is 3. The van der Waals surface area contributed by atoms with E-state index in [2.05, 4.69) is 5.32 Å². The van der Waals surface area contributed by atoms with Crippen LogP contribution in [0.15, 0.2) is 66.7 Å². The van der Waals surface area contributed by atoms with Gasteiger partial charge < -0.3 is 30.2 Å². The molecule has 5 atom stereocenters. The third-order valence-electron chi connectivity index (χ3n) is 9.97. The number of esters is 1. The van der Waals surface area contributed by atoms with Crippen LogP contribution in [0.2, 0.25) is 0 Å². The number of methoxy groups -OCH3 is 1. The first-order valence-corrected chi connectivity index (χ1v) is 17.9. The highest BCUT2D eigenvalue weighted by molar-refractivity contribution is 5.97. The summed E-state index contributed by atoms with van der Waals surface area (Å²) in [5.41, 5.74) is 6.21. The van der Waals surface area contributed by atoms with E-state index < -0.39 is 47.0 Å². The highest BCUT2D eigenvalue weighted by atomic mass is 16.6. The molecule has 270 valence electrons. The Morgan fingerprint density at radius 1 is 1.06 bits per heavy atom. The fourth-order valence-corrected chi connectivity index (χ4v) is 7.25. The minimum Gasteiger partial charge on any atom is -0.497 e. The number of primary amides is 1. The molecule has 3 aromatic rings. The number of nitrogens with zero attached hydrogens (tertiary/aromatic N) is 2. The van der Waals surface area contributed by atoms with Gasteiger partial charge in [-0.2, -0.15) is 0 Å². The summed E-state index contributed by atoms with van der Waals surface area (Å²) in [5.74, 6) is -1.55. The van der Waals surface area contributed by atoms with E-state index in [9.17, 15) is 19.2 Å². The van der Waals surface area contributed by atoms with Crippen molar-refractivity contribution in [1.29, 1.82) is 0 Å². The van der Waals surface area contributed by atoms with Gasteiger partial charge in [0, 0.05) is 41.3 Å². The van der Waals surface area contributed by atoms with Crippen molar-refractivity contribution in [1.82, 2.24) is 15.2 Å². The second-order valence-electron chi connectivity index (χ2n) is 14.9. The van der Waals surface area contributed by atoms with Crippen molar-refractivity contribution in [3.8, 4) is 22.8 Å². The Morgan fingerprint density at radius 3 is 2.57 bits per heavy atom. The molecular formula is C40H48N4O7. The van der Waals surface area contributed by atoms with Crippen molar-refractivity contribution in [3.63, 3.8) is 0 Å². The minimum atomic E-state index is -1.21. The summed E-state index contributed by atoms with van der Waals surface area (Å²) in [6, 6.07) is 16.2. The highest BCUT2D eigenvalue weighted by Gasteiger charge is 2.60. The standard InChI is InChI=1S/C40H48N4O7/c1-39(2,3)51-35(45)19-26-15-9-6-5-7-12-16-27-23-40(27,38(41)48)43-36(46)33-21-29(24-44(33)37(26)47)50-34-22-31(25-13-10-8-11-14-25)42-32-20-28(49-4)17-18-30(32)34/h8,10-14,16-18,20,22,26-27,29,33H,5-7,9,15,19,21,23-24H2,1-4H3,(H2,41,48)(H,43,46)/t26-,27-,29-,33+,40-/m1/s1. The molecule has 0 unspecified atom stereocenters. The molecule has 0 bridgehead atoms. The van der Waals surface area contributed by atoms with Crippen LogP contribution in [0.4, 0.5) is 0 Å². The van der Waals surface area contributed by atoms with Crippen molar-refractivity contribution in [3.05, 3.63) is 66.7 Å². The number of pyridine rings is 1. The van der Waals surface area contributed by atoms with Gasteiger partial charge in [0.25, 0.3) is 0 Å². The molecule has 1 saturated carbocycles. The number of fused-ring (bicyclic) bond motifs is 3. The summed E-state index contributed by atoms with van der Waals surface area (Å²) in [5, 5.41) is 3.69. The molecular weight excluding hydrogens is 648 g/mol. The Balaban J connectivity index is 1.34. The molecule has 11 nitrogen and oxygen atoms in total. The van der Waals surface area contributed by atoms with Crippen molar-refractivity contribution in [2.24, 2.45) is 17.6 Å². The molecule has 2 aliphatic heterocycles. The summed E-state index contributed by atoms with van der Waals surface area (Å²) in [6.07, 6.45) is 7.67. The van der Waals surface area contributed by atoms with Crippen LogP contribution in [-0.2, 0) is 23.9 Å². The number of hydrogen-bond donors (Lipinski definition) is 2. The van der Waals surface area contributed by atoms with Gasteiger partial charge in [-0.3, -0.25) is 19.2 Å². The summed E-state index contributed by atoms with van der Waals surface area (Å²) in [4.78, 5) is 60.9.